The molecule has 1 atom stereocenters. The molecule has 0 saturated heterocycles. The molecule has 0 aromatic carbocycles. The van der Waals surface area contributed by atoms with E-state index in [1.54, 1.807) is 6.20 Å². The predicted octanol–water partition coefficient (Wildman–Crippen LogP) is 1.29. The Morgan fingerprint density at radius 2 is 2.40 bits per heavy atom. The van der Waals surface area contributed by atoms with Crippen molar-refractivity contribution in [2.45, 2.75) is 20.3 Å². The standard InChI is InChI=1S/C8H13NO/c1-6(2)7-4-3-5-9-8(7)10/h3,5-7H,4H2,1-2H3,(H,9,10). The monoisotopic (exact) mass is 139 g/mol. The van der Waals surface area contributed by atoms with Gasteiger partial charge in [-0.3, -0.25) is 4.79 Å². The first-order valence-electron chi connectivity index (χ1n) is 3.67. The fourth-order valence-electron chi connectivity index (χ4n) is 1.14. The van der Waals surface area contributed by atoms with Crippen molar-refractivity contribution in [2.75, 3.05) is 0 Å². The maximum atomic E-state index is 11.1. The molecule has 1 amide bonds. The van der Waals surface area contributed by atoms with Crippen molar-refractivity contribution in [3.05, 3.63) is 12.3 Å². The lowest BCUT2D eigenvalue weighted by Gasteiger charge is -2.20. The van der Waals surface area contributed by atoms with Crippen molar-refractivity contribution < 1.29 is 4.79 Å². The van der Waals surface area contributed by atoms with Crippen LogP contribution >= 0.6 is 0 Å². The molecule has 2 heteroatoms. The minimum Gasteiger partial charge on any atom is -0.333 e. The zero-order chi connectivity index (χ0) is 7.56. The molecule has 1 aliphatic rings. The fraction of sp³-hybridized carbons (Fsp3) is 0.625. The summed E-state index contributed by atoms with van der Waals surface area (Å²) < 4.78 is 0. The van der Waals surface area contributed by atoms with Gasteiger partial charge in [-0.05, 0) is 18.5 Å². The van der Waals surface area contributed by atoms with Crippen LogP contribution in [0.1, 0.15) is 20.3 Å². The van der Waals surface area contributed by atoms with Gasteiger partial charge in [0.05, 0.1) is 0 Å². The second-order valence-electron chi connectivity index (χ2n) is 3.00. The predicted molar refractivity (Wildman–Crippen MR) is 40.2 cm³/mol. The van der Waals surface area contributed by atoms with E-state index in [-0.39, 0.29) is 11.8 Å². The first kappa shape index (κ1) is 7.32. The number of hydrogen-bond donors (Lipinski definition) is 1. The van der Waals surface area contributed by atoms with Crippen molar-refractivity contribution >= 4 is 5.91 Å². The Morgan fingerprint density at radius 3 is 2.80 bits per heavy atom. The van der Waals surface area contributed by atoms with Gasteiger partial charge >= 0.3 is 0 Å². The lowest BCUT2D eigenvalue weighted by atomic mass is 9.90. The Bertz CT molecular complexity index is 161. The van der Waals surface area contributed by atoms with Crippen LogP contribution in [0.3, 0.4) is 0 Å². The van der Waals surface area contributed by atoms with E-state index in [9.17, 15) is 4.79 Å². The number of allylic oxidation sites excluding steroid dienone is 1. The summed E-state index contributed by atoms with van der Waals surface area (Å²) in [5.74, 6) is 0.799. The molecular weight excluding hydrogens is 126 g/mol. The van der Waals surface area contributed by atoms with E-state index in [4.69, 9.17) is 0 Å². The highest BCUT2D eigenvalue weighted by molar-refractivity contribution is 5.80. The number of carbonyl (C=O) groups excluding carboxylic acids is 1. The first-order chi connectivity index (χ1) is 4.72. The summed E-state index contributed by atoms with van der Waals surface area (Å²) >= 11 is 0. The highest BCUT2D eigenvalue weighted by atomic mass is 16.1. The van der Waals surface area contributed by atoms with E-state index < -0.39 is 0 Å². The number of carbonyl (C=O) groups is 1. The average Bonchev–Trinajstić information content (AvgIpc) is 1.88. The van der Waals surface area contributed by atoms with Gasteiger partial charge in [0.2, 0.25) is 5.91 Å². The molecule has 2 nitrogen and oxygen atoms in total. The molecule has 0 saturated carbocycles. The topological polar surface area (TPSA) is 29.1 Å². The highest BCUT2D eigenvalue weighted by Crippen LogP contribution is 2.17. The quantitative estimate of drug-likeness (QED) is 0.582. The van der Waals surface area contributed by atoms with Crippen molar-refractivity contribution in [1.82, 2.24) is 5.32 Å². The third-order valence-electron chi connectivity index (χ3n) is 1.87. The summed E-state index contributed by atoms with van der Waals surface area (Å²) in [5, 5.41) is 2.69. The Labute approximate surface area is 61.3 Å². The molecule has 0 aromatic rings. The van der Waals surface area contributed by atoms with Crippen LogP contribution in [0.2, 0.25) is 0 Å². The van der Waals surface area contributed by atoms with Gasteiger partial charge in [-0.2, -0.15) is 0 Å². The SMILES string of the molecule is CC(C)C1CC=CNC1=O. The Balaban J connectivity index is 2.59. The van der Waals surface area contributed by atoms with E-state index in [0.717, 1.165) is 6.42 Å². The molecule has 1 rings (SSSR count). The van der Waals surface area contributed by atoms with Gasteiger partial charge in [0.25, 0.3) is 0 Å². The summed E-state index contributed by atoms with van der Waals surface area (Å²) in [7, 11) is 0. The Morgan fingerprint density at radius 1 is 1.70 bits per heavy atom. The summed E-state index contributed by atoms with van der Waals surface area (Å²) in [6.45, 7) is 4.15. The summed E-state index contributed by atoms with van der Waals surface area (Å²) in [6, 6.07) is 0. The zero-order valence-electron chi connectivity index (χ0n) is 6.42. The normalized spacial score (nSPS) is 25.1. The lowest BCUT2D eigenvalue weighted by molar-refractivity contribution is -0.125. The number of amides is 1. The van der Waals surface area contributed by atoms with E-state index in [0.29, 0.717) is 5.92 Å². The third-order valence-corrected chi connectivity index (χ3v) is 1.87. The summed E-state index contributed by atoms with van der Waals surface area (Å²) in [5.41, 5.74) is 0. The number of nitrogens with one attached hydrogen (secondary N) is 1. The van der Waals surface area contributed by atoms with E-state index in [1.807, 2.05) is 6.08 Å². The van der Waals surface area contributed by atoms with Crippen molar-refractivity contribution in [3.8, 4) is 0 Å². The maximum Gasteiger partial charge on any atom is 0.227 e. The van der Waals surface area contributed by atoms with Crippen molar-refractivity contribution in [2.24, 2.45) is 11.8 Å². The van der Waals surface area contributed by atoms with Crippen LogP contribution in [0.15, 0.2) is 12.3 Å². The number of rotatable bonds is 1. The van der Waals surface area contributed by atoms with Gasteiger partial charge in [0.15, 0.2) is 0 Å². The molecule has 1 heterocycles. The first-order valence-corrected chi connectivity index (χ1v) is 3.67. The smallest absolute Gasteiger partial charge is 0.227 e. The Kier molecular flexibility index (Phi) is 2.10. The second-order valence-corrected chi connectivity index (χ2v) is 3.00. The molecule has 0 aliphatic carbocycles. The third kappa shape index (κ3) is 1.38. The highest BCUT2D eigenvalue weighted by Gasteiger charge is 2.21. The molecule has 0 bridgehead atoms. The van der Waals surface area contributed by atoms with Crippen LogP contribution in [0.25, 0.3) is 0 Å². The second kappa shape index (κ2) is 2.86. The molecule has 1 N–H and O–H groups in total. The zero-order valence-corrected chi connectivity index (χ0v) is 6.42. The van der Waals surface area contributed by atoms with Gasteiger partial charge in [-0.1, -0.05) is 19.9 Å². The minimum atomic E-state index is 0.164. The van der Waals surface area contributed by atoms with Crippen LogP contribution in [-0.2, 0) is 4.79 Å². The van der Waals surface area contributed by atoms with E-state index in [2.05, 4.69) is 19.2 Å². The number of hydrogen-bond acceptors (Lipinski definition) is 1. The van der Waals surface area contributed by atoms with Gasteiger partial charge in [0.1, 0.15) is 0 Å². The van der Waals surface area contributed by atoms with Crippen LogP contribution in [0.4, 0.5) is 0 Å². The molecule has 1 unspecified atom stereocenters. The van der Waals surface area contributed by atoms with Crippen LogP contribution in [-0.4, -0.2) is 5.91 Å². The van der Waals surface area contributed by atoms with Gasteiger partial charge in [-0.25, -0.2) is 0 Å². The molecule has 0 aromatic heterocycles. The largest absolute Gasteiger partial charge is 0.333 e. The molecule has 0 radical (unpaired) electrons. The van der Waals surface area contributed by atoms with Crippen molar-refractivity contribution in [1.29, 1.82) is 0 Å². The summed E-state index contributed by atoms with van der Waals surface area (Å²) in [4.78, 5) is 11.1. The molecule has 10 heavy (non-hydrogen) atoms. The molecule has 0 fully saturated rings. The Hall–Kier alpha value is -0.790. The maximum absolute atomic E-state index is 11.1. The van der Waals surface area contributed by atoms with Crippen LogP contribution in [0.5, 0.6) is 0 Å². The van der Waals surface area contributed by atoms with Crippen LogP contribution < -0.4 is 5.32 Å². The average molecular weight is 139 g/mol. The van der Waals surface area contributed by atoms with Crippen LogP contribution in [0, 0.1) is 11.8 Å². The molecule has 56 valence electrons. The van der Waals surface area contributed by atoms with Gasteiger partial charge in [-0.15, -0.1) is 0 Å². The summed E-state index contributed by atoms with van der Waals surface area (Å²) in [6.07, 6.45) is 4.62. The van der Waals surface area contributed by atoms with E-state index >= 15 is 0 Å². The van der Waals surface area contributed by atoms with Crippen molar-refractivity contribution in [3.63, 3.8) is 0 Å². The minimum absolute atomic E-state index is 0.164. The molecule has 0 spiro atoms. The van der Waals surface area contributed by atoms with E-state index in [1.165, 1.54) is 0 Å². The van der Waals surface area contributed by atoms with Gasteiger partial charge < -0.3 is 5.32 Å². The molecular formula is C8H13NO. The van der Waals surface area contributed by atoms with Gasteiger partial charge in [0, 0.05) is 5.92 Å². The fourth-order valence-corrected chi connectivity index (χ4v) is 1.14. The lowest BCUT2D eigenvalue weighted by Crippen LogP contribution is -2.32. The molecule has 1 aliphatic heterocycles.